The average molecular weight is 346 g/mol. The Labute approximate surface area is 153 Å². The zero-order valence-electron chi connectivity index (χ0n) is 16.4. The molecular formula is C21H35N3O. The summed E-state index contributed by atoms with van der Waals surface area (Å²) in [6.07, 6.45) is 8.94. The van der Waals surface area contributed by atoms with E-state index in [1.54, 1.807) is 24.5 Å². The van der Waals surface area contributed by atoms with Crippen LogP contribution in [0.1, 0.15) is 52.1 Å². The van der Waals surface area contributed by atoms with E-state index in [2.05, 4.69) is 35.6 Å². The van der Waals surface area contributed by atoms with Crippen LogP contribution in [0.15, 0.2) is 53.6 Å². The van der Waals surface area contributed by atoms with Crippen LogP contribution in [-0.2, 0) is 0 Å². The molecule has 1 N–H and O–H groups in total. The van der Waals surface area contributed by atoms with Crippen LogP contribution < -0.4 is 5.56 Å². The maximum atomic E-state index is 10.2. The van der Waals surface area contributed by atoms with Crippen LogP contribution in [0.4, 0.5) is 0 Å². The molecular weight excluding hydrogens is 310 g/mol. The van der Waals surface area contributed by atoms with Gasteiger partial charge in [-0.3, -0.25) is 9.78 Å². The van der Waals surface area contributed by atoms with E-state index >= 15 is 0 Å². The second-order valence-corrected chi connectivity index (χ2v) is 5.90. The van der Waals surface area contributed by atoms with Gasteiger partial charge in [0.1, 0.15) is 0 Å². The maximum Gasteiger partial charge on any atom is 0.247 e. The van der Waals surface area contributed by atoms with Gasteiger partial charge in [-0.15, -0.1) is 0 Å². The summed E-state index contributed by atoms with van der Waals surface area (Å²) in [6, 6.07) is 10.8. The van der Waals surface area contributed by atoms with Gasteiger partial charge in [-0.25, -0.2) is 0 Å². The second kappa shape index (κ2) is 16.9. The van der Waals surface area contributed by atoms with Crippen molar-refractivity contribution < 1.29 is 0 Å². The highest BCUT2D eigenvalue weighted by Crippen LogP contribution is 2.06. The topological polar surface area (TPSA) is 49.0 Å². The molecule has 2 aromatic rings. The van der Waals surface area contributed by atoms with E-state index in [4.69, 9.17) is 0 Å². The van der Waals surface area contributed by atoms with E-state index in [9.17, 15) is 4.79 Å². The van der Waals surface area contributed by atoms with Crippen molar-refractivity contribution >= 4 is 0 Å². The third kappa shape index (κ3) is 15.3. The van der Waals surface area contributed by atoms with Crippen molar-refractivity contribution in [2.75, 3.05) is 19.6 Å². The van der Waals surface area contributed by atoms with Crippen LogP contribution in [0, 0.1) is 6.92 Å². The fraction of sp³-hybridized carbons (Fsp3) is 0.524. The largest absolute Gasteiger partial charge is 0.329 e. The molecule has 0 spiro atoms. The number of aromatic nitrogens is 2. The van der Waals surface area contributed by atoms with Crippen LogP contribution in [0.2, 0.25) is 0 Å². The number of aryl methyl sites for hydroxylation is 1. The molecule has 0 unspecified atom stereocenters. The second-order valence-electron chi connectivity index (χ2n) is 5.90. The van der Waals surface area contributed by atoms with Crippen molar-refractivity contribution in [1.29, 1.82) is 0 Å². The Morgan fingerprint density at radius 1 is 1.00 bits per heavy atom. The Balaban J connectivity index is 0.000000321. The van der Waals surface area contributed by atoms with E-state index < -0.39 is 0 Å². The normalized spacial score (nSPS) is 13.1. The SMILES string of the molecule is CCC.CCN1CCCCC1.Cc1ccccn1.O=c1cccc[nH]1. The molecule has 0 aromatic carbocycles. The van der Waals surface area contributed by atoms with Crippen LogP contribution in [0.25, 0.3) is 0 Å². The van der Waals surface area contributed by atoms with Crippen LogP contribution in [-0.4, -0.2) is 34.5 Å². The average Bonchev–Trinajstić information content (AvgIpc) is 2.65. The highest BCUT2D eigenvalue weighted by molar-refractivity contribution is 4.99. The van der Waals surface area contributed by atoms with E-state index in [0.29, 0.717) is 0 Å². The number of piperidine rings is 1. The summed E-state index contributed by atoms with van der Waals surface area (Å²) < 4.78 is 0. The molecule has 1 saturated heterocycles. The molecule has 140 valence electrons. The number of nitrogens with zero attached hydrogens (tertiary/aromatic N) is 2. The Morgan fingerprint density at radius 2 is 1.64 bits per heavy atom. The molecule has 2 aromatic heterocycles. The zero-order chi connectivity index (χ0) is 18.8. The first-order valence-corrected chi connectivity index (χ1v) is 9.37. The lowest BCUT2D eigenvalue weighted by molar-refractivity contribution is 0.240. The number of pyridine rings is 2. The van der Waals surface area contributed by atoms with Gasteiger partial charge in [0.25, 0.3) is 0 Å². The molecule has 0 amide bonds. The van der Waals surface area contributed by atoms with E-state index in [1.807, 2.05) is 25.1 Å². The standard InChI is InChI=1S/C7H15N.C6H7N.C5H5NO.C3H8/c1-2-8-6-4-3-5-7-8;1-6-4-2-3-5-7-6;7-5-3-1-2-4-6-5;1-3-2/h2-7H2,1H3;2-5H,1H3;1-4H,(H,6,7);3H2,1-2H3. The molecule has 0 radical (unpaired) electrons. The Kier molecular flexibility index (Phi) is 15.6. The Bertz CT molecular complexity index is 531. The van der Waals surface area contributed by atoms with Gasteiger partial charge in [0.15, 0.2) is 0 Å². The molecule has 0 bridgehead atoms. The van der Waals surface area contributed by atoms with Gasteiger partial charge in [-0.05, 0) is 57.6 Å². The van der Waals surface area contributed by atoms with E-state index in [1.165, 1.54) is 51.4 Å². The summed E-state index contributed by atoms with van der Waals surface area (Å²) >= 11 is 0. The van der Waals surface area contributed by atoms with Gasteiger partial charge in [-0.2, -0.15) is 0 Å². The fourth-order valence-corrected chi connectivity index (χ4v) is 2.10. The minimum absolute atomic E-state index is 0.0532. The smallest absolute Gasteiger partial charge is 0.247 e. The lowest BCUT2D eigenvalue weighted by Gasteiger charge is -2.24. The summed E-state index contributed by atoms with van der Waals surface area (Å²) in [4.78, 5) is 19.2. The van der Waals surface area contributed by atoms with Crippen LogP contribution >= 0.6 is 0 Å². The summed E-state index contributed by atoms with van der Waals surface area (Å²) in [5, 5.41) is 0. The van der Waals surface area contributed by atoms with Crippen molar-refractivity contribution in [3.05, 3.63) is 64.8 Å². The highest BCUT2D eigenvalue weighted by atomic mass is 16.1. The molecule has 3 heterocycles. The first-order valence-electron chi connectivity index (χ1n) is 9.37. The summed E-state index contributed by atoms with van der Waals surface area (Å²) in [7, 11) is 0. The number of hydrogen-bond acceptors (Lipinski definition) is 3. The summed E-state index contributed by atoms with van der Waals surface area (Å²) in [5.41, 5.74) is 1.02. The molecule has 1 aliphatic heterocycles. The monoisotopic (exact) mass is 345 g/mol. The Hall–Kier alpha value is -1.94. The van der Waals surface area contributed by atoms with E-state index in [-0.39, 0.29) is 5.56 Å². The molecule has 1 aliphatic rings. The number of nitrogens with one attached hydrogen (secondary N) is 1. The molecule has 25 heavy (non-hydrogen) atoms. The third-order valence-electron chi connectivity index (χ3n) is 3.39. The predicted molar refractivity (Wildman–Crippen MR) is 108 cm³/mol. The third-order valence-corrected chi connectivity index (χ3v) is 3.39. The van der Waals surface area contributed by atoms with Crippen molar-refractivity contribution in [2.24, 2.45) is 0 Å². The van der Waals surface area contributed by atoms with Gasteiger partial charge in [0.05, 0.1) is 0 Å². The first kappa shape index (κ1) is 23.1. The summed E-state index contributed by atoms with van der Waals surface area (Å²) in [5.74, 6) is 0. The van der Waals surface area contributed by atoms with Gasteiger partial charge in [-0.1, -0.05) is 45.7 Å². The number of H-pyrrole nitrogens is 1. The fourth-order valence-electron chi connectivity index (χ4n) is 2.10. The van der Waals surface area contributed by atoms with Crippen LogP contribution in [0.3, 0.4) is 0 Å². The highest BCUT2D eigenvalue weighted by Gasteiger charge is 2.05. The molecule has 4 nitrogen and oxygen atoms in total. The number of rotatable bonds is 1. The molecule has 0 aliphatic carbocycles. The maximum absolute atomic E-state index is 10.2. The number of hydrogen-bond donors (Lipinski definition) is 1. The van der Waals surface area contributed by atoms with Gasteiger partial charge in [0, 0.05) is 24.2 Å². The molecule has 1 fully saturated rings. The molecule has 0 saturated carbocycles. The number of likely N-dealkylation sites (tertiary alicyclic amines) is 1. The van der Waals surface area contributed by atoms with Crippen molar-refractivity contribution in [1.82, 2.24) is 14.9 Å². The van der Waals surface area contributed by atoms with Gasteiger partial charge in [0.2, 0.25) is 5.56 Å². The van der Waals surface area contributed by atoms with Crippen molar-refractivity contribution in [3.8, 4) is 0 Å². The Morgan fingerprint density at radius 3 is 1.92 bits per heavy atom. The molecule has 4 heteroatoms. The minimum Gasteiger partial charge on any atom is -0.329 e. The molecule has 3 rings (SSSR count). The van der Waals surface area contributed by atoms with Gasteiger partial charge >= 0.3 is 0 Å². The quantitative estimate of drug-likeness (QED) is 0.817. The van der Waals surface area contributed by atoms with Crippen LogP contribution in [0.5, 0.6) is 0 Å². The van der Waals surface area contributed by atoms with E-state index in [0.717, 1.165) is 5.69 Å². The number of aromatic amines is 1. The lowest BCUT2D eigenvalue weighted by Crippen LogP contribution is -2.29. The summed E-state index contributed by atoms with van der Waals surface area (Å²) in [6.45, 7) is 12.4. The van der Waals surface area contributed by atoms with Crippen molar-refractivity contribution in [3.63, 3.8) is 0 Å². The lowest BCUT2D eigenvalue weighted by atomic mass is 10.1. The first-order chi connectivity index (χ1) is 12.1. The van der Waals surface area contributed by atoms with Gasteiger partial charge < -0.3 is 9.88 Å². The minimum atomic E-state index is -0.0532. The predicted octanol–water partition coefficient (Wildman–Crippen LogP) is 4.67. The molecule has 0 atom stereocenters. The zero-order valence-corrected chi connectivity index (χ0v) is 16.4. The van der Waals surface area contributed by atoms with Crippen molar-refractivity contribution in [2.45, 2.75) is 53.4 Å².